The predicted octanol–water partition coefficient (Wildman–Crippen LogP) is 5.08. The van der Waals surface area contributed by atoms with Gasteiger partial charge in [-0.05, 0) is 25.5 Å². The van der Waals surface area contributed by atoms with Crippen LogP contribution in [0.3, 0.4) is 0 Å². The van der Waals surface area contributed by atoms with Gasteiger partial charge in [0.15, 0.2) is 5.78 Å². The normalized spacial score (nSPS) is 11.1. The SMILES string of the molecule is Cc1ccc(OC(=O)OCC(Cl)(Cl)Cl)c(C(=O)CCCCl)c1. The molecule has 1 rings (SSSR count). The second-order valence-corrected chi connectivity index (χ2v) is 7.37. The van der Waals surface area contributed by atoms with Crippen LogP contribution in [-0.4, -0.2) is 28.2 Å². The van der Waals surface area contributed by atoms with Crippen molar-refractivity contribution in [1.29, 1.82) is 0 Å². The van der Waals surface area contributed by atoms with Crippen LogP contribution in [0, 0.1) is 6.92 Å². The van der Waals surface area contributed by atoms with Crippen LogP contribution in [0.25, 0.3) is 0 Å². The highest BCUT2D eigenvalue weighted by Gasteiger charge is 2.23. The molecule has 0 atom stereocenters. The van der Waals surface area contributed by atoms with Crippen molar-refractivity contribution >= 4 is 58.3 Å². The van der Waals surface area contributed by atoms with Gasteiger partial charge in [0.05, 0.1) is 5.56 Å². The zero-order valence-corrected chi connectivity index (χ0v) is 14.7. The Hall–Kier alpha value is -0.680. The van der Waals surface area contributed by atoms with Crippen molar-refractivity contribution in [2.24, 2.45) is 0 Å². The highest BCUT2D eigenvalue weighted by molar-refractivity contribution is 6.67. The Morgan fingerprint density at radius 3 is 2.50 bits per heavy atom. The predicted molar refractivity (Wildman–Crippen MR) is 87.7 cm³/mol. The number of ether oxygens (including phenoxy) is 2. The third-order valence-corrected chi connectivity index (χ3v) is 3.11. The largest absolute Gasteiger partial charge is 0.514 e. The molecule has 122 valence electrons. The number of hydrogen-bond donors (Lipinski definition) is 0. The van der Waals surface area contributed by atoms with Crippen LogP contribution in [0.4, 0.5) is 4.79 Å². The summed E-state index contributed by atoms with van der Waals surface area (Å²) in [5.41, 5.74) is 1.15. The second kappa shape index (κ2) is 8.82. The van der Waals surface area contributed by atoms with Crippen molar-refractivity contribution in [2.45, 2.75) is 23.6 Å². The molecule has 1 aromatic rings. The molecule has 22 heavy (non-hydrogen) atoms. The molecule has 0 aliphatic heterocycles. The maximum absolute atomic E-state index is 12.1. The smallest absolute Gasteiger partial charge is 0.429 e. The first-order chi connectivity index (χ1) is 10.2. The minimum atomic E-state index is -1.73. The Morgan fingerprint density at radius 2 is 1.91 bits per heavy atom. The molecule has 0 saturated heterocycles. The molecule has 0 spiro atoms. The molecule has 0 aliphatic carbocycles. The van der Waals surface area contributed by atoms with Gasteiger partial charge in [-0.2, -0.15) is 0 Å². The number of aryl methyl sites for hydroxylation is 1. The lowest BCUT2D eigenvalue weighted by atomic mass is 10.0. The van der Waals surface area contributed by atoms with E-state index in [1.165, 1.54) is 6.07 Å². The van der Waals surface area contributed by atoms with Crippen LogP contribution in [0.2, 0.25) is 0 Å². The molecule has 0 unspecified atom stereocenters. The molecule has 0 amide bonds. The maximum atomic E-state index is 12.1. The van der Waals surface area contributed by atoms with Gasteiger partial charge in [-0.1, -0.05) is 46.4 Å². The topological polar surface area (TPSA) is 52.6 Å². The number of halogens is 4. The van der Waals surface area contributed by atoms with Crippen LogP contribution in [0.1, 0.15) is 28.8 Å². The first-order valence-corrected chi connectivity index (χ1v) is 8.01. The lowest BCUT2D eigenvalue weighted by Crippen LogP contribution is -2.20. The maximum Gasteiger partial charge on any atom is 0.514 e. The van der Waals surface area contributed by atoms with Gasteiger partial charge in [0, 0.05) is 12.3 Å². The molecule has 0 bridgehead atoms. The van der Waals surface area contributed by atoms with Crippen molar-refractivity contribution in [1.82, 2.24) is 0 Å². The van der Waals surface area contributed by atoms with Gasteiger partial charge in [0.25, 0.3) is 0 Å². The Bertz CT molecular complexity index is 540. The fourth-order valence-corrected chi connectivity index (χ4v) is 1.87. The average molecular weight is 388 g/mol. The number of benzene rings is 1. The van der Waals surface area contributed by atoms with Crippen molar-refractivity contribution < 1.29 is 19.1 Å². The van der Waals surface area contributed by atoms with Gasteiger partial charge in [0.2, 0.25) is 3.79 Å². The average Bonchev–Trinajstić information content (AvgIpc) is 2.43. The van der Waals surface area contributed by atoms with Gasteiger partial charge in [-0.15, -0.1) is 11.6 Å². The molecule has 4 nitrogen and oxygen atoms in total. The minimum Gasteiger partial charge on any atom is -0.429 e. The number of carbonyl (C=O) groups is 2. The van der Waals surface area contributed by atoms with Crippen LogP contribution in [0.5, 0.6) is 5.75 Å². The number of carbonyl (C=O) groups excluding carboxylic acids is 2. The van der Waals surface area contributed by atoms with Crippen LogP contribution >= 0.6 is 46.4 Å². The summed E-state index contributed by atoms with van der Waals surface area (Å²) in [5, 5.41) is 0. The highest BCUT2D eigenvalue weighted by atomic mass is 35.6. The highest BCUT2D eigenvalue weighted by Crippen LogP contribution is 2.27. The van der Waals surface area contributed by atoms with E-state index in [1.54, 1.807) is 12.1 Å². The summed E-state index contributed by atoms with van der Waals surface area (Å²) < 4.78 is 7.94. The van der Waals surface area contributed by atoms with Crippen molar-refractivity contribution in [3.05, 3.63) is 29.3 Å². The molecule has 0 saturated carbocycles. The van der Waals surface area contributed by atoms with Crippen LogP contribution in [0.15, 0.2) is 18.2 Å². The summed E-state index contributed by atoms with van der Waals surface area (Å²) in [6.07, 6.45) is -0.264. The number of ketones is 1. The van der Waals surface area contributed by atoms with E-state index in [-0.39, 0.29) is 23.5 Å². The summed E-state index contributed by atoms with van der Waals surface area (Å²) in [4.78, 5) is 23.7. The lowest BCUT2D eigenvalue weighted by Gasteiger charge is -2.13. The second-order valence-electron chi connectivity index (χ2n) is 4.47. The van der Waals surface area contributed by atoms with E-state index in [2.05, 4.69) is 4.74 Å². The van der Waals surface area contributed by atoms with Gasteiger partial charge in [-0.25, -0.2) is 4.79 Å². The lowest BCUT2D eigenvalue weighted by molar-refractivity contribution is 0.0955. The Labute approximate surface area is 148 Å². The van der Waals surface area contributed by atoms with E-state index in [9.17, 15) is 9.59 Å². The van der Waals surface area contributed by atoms with Gasteiger partial charge >= 0.3 is 6.16 Å². The summed E-state index contributed by atoms with van der Waals surface area (Å²) in [6, 6.07) is 4.85. The Morgan fingerprint density at radius 1 is 1.23 bits per heavy atom. The van der Waals surface area contributed by atoms with Crippen molar-refractivity contribution in [3.63, 3.8) is 0 Å². The fraction of sp³-hybridized carbons (Fsp3) is 0.429. The van der Waals surface area contributed by atoms with E-state index < -0.39 is 16.6 Å². The fourth-order valence-electron chi connectivity index (χ4n) is 1.57. The van der Waals surface area contributed by atoms with E-state index in [4.69, 9.17) is 51.1 Å². The summed E-state index contributed by atoms with van der Waals surface area (Å²) in [7, 11) is 0. The number of hydrogen-bond acceptors (Lipinski definition) is 4. The van der Waals surface area contributed by atoms with Gasteiger partial charge < -0.3 is 9.47 Å². The molecule has 0 radical (unpaired) electrons. The Kier molecular flexibility index (Phi) is 7.77. The molecular formula is C14H14Cl4O4. The minimum absolute atomic E-state index is 0.0967. The van der Waals surface area contributed by atoms with E-state index in [0.717, 1.165) is 5.56 Å². The number of Topliss-reactive ketones (excluding diaryl/α,β-unsaturated/α-hetero) is 1. The molecule has 0 heterocycles. The molecule has 0 N–H and O–H groups in total. The first kappa shape index (κ1) is 19.4. The van der Waals surface area contributed by atoms with E-state index in [0.29, 0.717) is 12.3 Å². The standard InChI is InChI=1S/C14H14Cl4O4/c1-9-4-5-12(10(7-9)11(19)3-2-6-15)22-13(20)21-8-14(16,17)18/h4-5,7H,2-3,6,8H2,1H3. The van der Waals surface area contributed by atoms with Crippen molar-refractivity contribution in [3.8, 4) is 5.75 Å². The summed E-state index contributed by atoms with van der Waals surface area (Å²) in [6.45, 7) is 1.36. The first-order valence-electron chi connectivity index (χ1n) is 6.34. The molecule has 0 fully saturated rings. The van der Waals surface area contributed by atoms with Crippen LogP contribution in [-0.2, 0) is 4.74 Å². The van der Waals surface area contributed by atoms with Gasteiger partial charge in [0.1, 0.15) is 12.4 Å². The molecule has 0 aromatic heterocycles. The monoisotopic (exact) mass is 386 g/mol. The number of rotatable bonds is 6. The number of alkyl halides is 4. The van der Waals surface area contributed by atoms with E-state index in [1.807, 2.05) is 6.92 Å². The van der Waals surface area contributed by atoms with Gasteiger partial charge in [-0.3, -0.25) is 4.79 Å². The third-order valence-electron chi connectivity index (χ3n) is 2.52. The zero-order chi connectivity index (χ0) is 16.8. The third kappa shape index (κ3) is 7.05. The molecule has 8 heteroatoms. The van der Waals surface area contributed by atoms with Crippen LogP contribution < -0.4 is 4.74 Å². The zero-order valence-electron chi connectivity index (χ0n) is 11.7. The summed E-state index contributed by atoms with van der Waals surface area (Å²) in [5.74, 6) is 0.298. The van der Waals surface area contributed by atoms with Crippen molar-refractivity contribution in [2.75, 3.05) is 12.5 Å². The Balaban J connectivity index is 2.81. The van der Waals surface area contributed by atoms with E-state index >= 15 is 0 Å². The summed E-state index contributed by atoms with van der Waals surface area (Å²) >= 11 is 22.0. The molecule has 0 aliphatic rings. The quantitative estimate of drug-likeness (QED) is 0.295. The molecule has 1 aromatic carbocycles. The molecular weight excluding hydrogens is 374 g/mol.